The molecule has 1 atom stereocenters. The summed E-state index contributed by atoms with van der Waals surface area (Å²) in [6, 6.07) is 15.7. The summed E-state index contributed by atoms with van der Waals surface area (Å²) in [6.45, 7) is 1.81. The van der Waals surface area contributed by atoms with E-state index in [-0.39, 0.29) is 11.9 Å². The fraction of sp³-hybridized carbons (Fsp3) is 0.208. The fourth-order valence-corrected chi connectivity index (χ4v) is 2.98. The molecule has 4 heteroatoms. The summed E-state index contributed by atoms with van der Waals surface area (Å²) in [5, 5.41) is 18.6. The Bertz CT molecular complexity index is 932. The Morgan fingerprint density at radius 3 is 2.43 bits per heavy atom. The van der Waals surface area contributed by atoms with E-state index in [0.29, 0.717) is 5.56 Å². The van der Waals surface area contributed by atoms with E-state index in [1.54, 1.807) is 13.0 Å². The summed E-state index contributed by atoms with van der Waals surface area (Å²) in [5.41, 5.74) is 4.04. The third-order valence-corrected chi connectivity index (χ3v) is 4.53. The van der Waals surface area contributed by atoms with Crippen LogP contribution in [-0.2, 0) is 0 Å². The Hall–Kier alpha value is -2.98. The second kappa shape index (κ2) is 9.29. The molecule has 2 N–H and O–H groups in total. The standard InChI is InChI=1S/C24H24FNO2/c1-17(27)5-3-2-4-6-18-7-14-24(26-16-18)20-10-8-19(9-11-20)22-13-12-21(28)15-23(22)25/h4,6-17,27-28H,2-3,5H2,1H3/b6-4+. The number of allylic oxidation sites excluding steroid dienone is 1. The molecule has 0 aliphatic rings. The van der Waals surface area contributed by atoms with Crippen LogP contribution in [0, 0.1) is 5.82 Å². The molecule has 0 fully saturated rings. The first-order valence-corrected chi connectivity index (χ1v) is 9.43. The molecule has 3 nitrogen and oxygen atoms in total. The lowest BCUT2D eigenvalue weighted by Crippen LogP contribution is -1.97. The summed E-state index contributed by atoms with van der Waals surface area (Å²) < 4.78 is 14.0. The Labute approximate surface area is 164 Å². The number of hydrogen-bond donors (Lipinski definition) is 2. The van der Waals surface area contributed by atoms with Gasteiger partial charge in [-0.3, -0.25) is 4.98 Å². The zero-order valence-electron chi connectivity index (χ0n) is 15.8. The monoisotopic (exact) mass is 377 g/mol. The normalized spacial score (nSPS) is 12.4. The van der Waals surface area contributed by atoms with E-state index >= 15 is 0 Å². The van der Waals surface area contributed by atoms with E-state index in [1.807, 2.05) is 48.7 Å². The number of unbranched alkanes of at least 4 members (excludes halogenated alkanes) is 1. The second-order valence-corrected chi connectivity index (χ2v) is 6.90. The van der Waals surface area contributed by atoms with Crippen molar-refractivity contribution in [2.75, 3.05) is 0 Å². The predicted octanol–water partition coefficient (Wildman–Crippen LogP) is 5.82. The van der Waals surface area contributed by atoms with Gasteiger partial charge in [0.05, 0.1) is 11.8 Å². The zero-order chi connectivity index (χ0) is 19.9. The summed E-state index contributed by atoms with van der Waals surface area (Å²) in [5.74, 6) is -0.533. The molecule has 3 rings (SSSR count). The van der Waals surface area contributed by atoms with Crippen molar-refractivity contribution in [2.24, 2.45) is 0 Å². The summed E-state index contributed by atoms with van der Waals surface area (Å²) >= 11 is 0. The zero-order valence-corrected chi connectivity index (χ0v) is 15.8. The van der Waals surface area contributed by atoms with Crippen LogP contribution in [0.1, 0.15) is 31.7 Å². The first-order chi connectivity index (χ1) is 13.5. The van der Waals surface area contributed by atoms with Crippen LogP contribution in [0.3, 0.4) is 0 Å². The first kappa shape index (κ1) is 19.8. The minimum atomic E-state index is -0.449. The lowest BCUT2D eigenvalue weighted by Gasteiger charge is -2.06. The fourth-order valence-electron chi connectivity index (χ4n) is 2.98. The number of aromatic hydroxyl groups is 1. The van der Waals surface area contributed by atoms with Crippen molar-refractivity contribution in [3.05, 3.63) is 78.3 Å². The molecule has 0 bridgehead atoms. The van der Waals surface area contributed by atoms with Crippen LogP contribution in [0.4, 0.5) is 4.39 Å². The predicted molar refractivity (Wildman–Crippen MR) is 111 cm³/mol. The van der Waals surface area contributed by atoms with Gasteiger partial charge < -0.3 is 10.2 Å². The van der Waals surface area contributed by atoms with Crippen molar-refractivity contribution in [3.8, 4) is 28.1 Å². The van der Waals surface area contributed by atoms with E-state index in [2.05, 4.69) is 11.1 Å². The van der Waals surface area contributed by atoms with Crippen LogP contribution in [0.15, 0.2) is 66.9 Å². The molecule has 0 aliphatic heterocycles. The van der Waals surface area contributed by atoms with Crippen molar-refractivity contribution in [3.63, 3.8) is 0 Å². The van der Waals surface area contributed by atoms with Crippen LogP contribution < -0.4 is 0 Å². The molecule has 1 heterocycles. The maximum Gasteiger partial charge on any atom is 0.134 e. The number of rotatable bonds is 7. The Morgan fingerprint density at radius 2 is 1.79 bits per heavy atom. The number of aliphatic hydroxyl groups excluding tert-OH is 1. The smallest absolute Gasteiger partial charge is 0.134 e. The van der Waals surface area contributed by atoms with Gasteiger partial charge in [0.15, 0.2) is 0 Å². The number of phenolic OH excluding ortho intramolecular Hbond substituents is 1. The van der Waals surface area contributed by atoms with Gasteiger partial charge in [-0.05, 0) is 55.5 Å². The van der Waals surface area contributed by atoms with Gasteiger partial charge in [-0.2, -0.15) is 0 Å². The molecule has 28 heavy (non-hydrogen) atoms. The van der Waals surface area contributed by atoms with Gasteiger partial charge in [-0.25, -0.2) is 4.39 Å². The average molecular weight is 377 g/mol. The number of nitrogens with zero attached hydrogens (tertiary/aromatic N) is 1. The summed E-state index contributed by atoms with van der Waals surface area (Å²) in [4.78, 5) is 4.51. The average Bonchev–Trinajstić information content (AvgIpc) is 2.68. The highest BCUT2D eigenvalue weighted by Gasteiger charge is 2.07. The molecule has 1 aromatic heterocycles. The van der Waals surface area contributed by atoms with Crippen LogP contribution in [0.2, 0.25) is 0 Å². The quantitative estimate of drug-likeness (QED) is 0.510. The minimum absolute atomic E-state index is 0.0841. The molecule has 2 aromatic carbocycles. The van der Waals surface area contributed by atoms with E-state index < -0.39 is 5.82 Å². The molecule has 0 aliphatic carbocycles. The van der Waals surface area contributed by atoms with Gasteiger partial charge in [0.2, 0.25) is 0 Å². The van der Waals surface area contributed by atoms with Crippen molar-refractivity contribution in [1.82, 2.24) is 4.98 Å². The Morgan fingerprint density at radius 1 is 1.04 bits per heavy atom. The van der Waals surface area contributed by atoms with Crippen molar-refractivity contribution in [1.29, 1.82) is 0 Å². The van der Waals surface area contributed by atoms with Gasteiger partial charge in [0, 0.05) is 23.4 Å². The van der Waals surface area contributed by atoms with Crippen LogP contribution in [0.25, 0.3) is 28.5 Å². The maximum absolute atomic E-state index is 14.0. The first-order valence-electron chi connectivity index (χ1n) is 9.43. The Kier molecular flexibility index (Phi) is 6.56. The number of pyridine rings is 1. The maximum atomic E-state index is 14.0. The van der Waals surface area contributed by atoms with Gasteiger partial charge >= 0.3 is 0 Å². The lowest BCUT2D eigenvalue weighted by molar-refractivity contribution is 0.182. The van der Waals surface area contributed by atoms with E-state index in [4.69, 9.17) is 0 Å². The van der Waals surface area contributed by atoms with E-state index in [9.17, 15) is 14.6 Å². The van der Waals surface area contributed by atoms with Gasteiger partial charge in [0.25, 0.3) is 0 Å². The van der Waals surface area contributed by atoms with Crippen molar-refractivity contribution >= 4 is 6.08 Å². The van der Waals surface area contributed by atoms with Crippen molar-refractivity contribution in [2.45, 2.75) is 32.3 Å². The van der Waals surface area contributed by atoms with E-state index in [1.165, 1.54) is 6.07 Å². The third kappa shape index (κ3) is 5.27. The molecular formula is C24H24FNO2. The number of aromatic nitrogens is 1. The number of halogens is 1. The number of benzene rings is 2. The van der Waals surface area contributed by atoms with Crippen LogP contribution in [-0.4, -0.2) is 21.3 Å². The minimum Gasteiger partial charge on any atom is -0.508 e. The van der Waals surface area contributed by atoms with Crippen LogP contribution in [0.5, 0.6) is 5.75 Å². The molecule has 1 unspecified atom stereocenters. The van der Waals surface area contributed by atoms with Crippen molar-refractivity contribution < 1.29 is 14.6 Å². The number of hydrogen-bond acceptors (Lipinski definition) is 3. The van der Waals surface area contributed by atoms with Crippen LogP contribution >= 0.6 is 0 Å². The van der Waals surface area contributed by atoms with Gasteiger partial charge in [-0.15, -0.1) is 0 Å². The molecule has 0 spiro atoms. The molecule has 3 aromatic rings. The molecular weight excluding hydrogens is 353 g/mol. The molecule has 0 saturated heterocycles. The number of phenols is 1. The lowest BCUT2D eigenvalue weighted by atomic mass is 10.0. The molecule has 144 valence electrons. The second-order valence-electron chi connectivity index (χ2n) is 6.90. The largest absolute Gasteiger partial charge is 0.508 e. The number of aliphatic hydroxyl groups is 1. The van der Waals surface area contributed by atoms with Gasteiger partial charge in [-0.1, -0.05) is 42.5 Å². The molecule has 0 radical (unpaired) electrons. The SMILES string of the molecule is CC(O)CCC/C=C/c1ccc(-c2ccc(-c3ccc(O)cc3F)cc2)nc1. The highest BCUT2D eigenvalue weighted by atomic mass is 19.1. The summed E-state index contributed by atoms with van der Waals surface area (Å²) in [7, 11) is 0. The third-order valence-electron chi connectivity index (χ3n) is 4.53. The van der Waals surface area contributed by atoms with E-state index in [0.717, 1.165) is 47.7 Å². The summed E-state index contributed by atoms with van der Waals surface area (Å²) in [6.07, 6.45) is 8.43. The highest BCUT2D eigenvalue weighted by Crippen LogP contribution is 2.28. The topological polar surface area (TPSA) is 53.4 Å². The highest BCUT2D eigenvalue weighted by molar-refractivity contribution is 5.70. The molecule has 0 amide bonds. The Balaban J connectivity index is 1.66. The van der Waals surface area contributed by atoms with Gasteiger partial charge in [0.1, 0.15) is 11.6 Å². The molecule has 0 saturated carbocycles.